The summed E-state index contributed by atoms with van der Waals surface area (Å²) in [4.78, 5) is 32.5. The summed E-state index contributed by atoms with van der Waals surface area (Å²) in [6, 6.07) is 0.880. The number of carbonyl (C=O) groups excluding carboxylic acids is 1. The second-order valence-electron chi connectivity index (χ2n) is 4.79. The number of primary amides is 1. The third kappa shape index (κ3) is 1.49. The van der Waals surface area contributed by atoms with Crippen molar-refractivity contribution in [2.24, 2.45) is 5.73 Å². The van der Waals surface area contributed by atoms with Gasteiger partial charge >= 0.3 is 6.09 Å². The minimum atomic E-state index is -1.19. The molecule has 19 heavy (non-hydrogen) atoms. The molecule has 2 fully saturated rings. The maximum absolute atomic E-state index is 11.7. The maximum atomic E-state index is 11.7. The van der Waals surface area contributed by atoms with E-state index < -0.39 is 23.6 Å². The van der Waals surface area contributed by atoms with Crippen LogP contribution in [0.5, 0.6) is 0 Å². The zero-order valence-corrected chi connectivity index (χ0v) is 9.98. The van der Waals surface area contributed by atoms with E-state index in [4.69, 9.17) is 5.73 Å². The highest BCUT2D eigenvalue weighted by Crippen LogP contribution is 2.45. The molecular weight excluding hydrogens is 250 g/mol. The van der Waals surface area contributed by atoms with Crippen LogP contribution < -0.4 is 11.1 Å². The average Bonchev–Trinajstić information content (AvgIpc) is 2.96. The van der Waals surface area contributed by atoms with Crippen molar-refractivity contribution in [1.82, 2.24) is 20.2 Å². The summed E-state index contributed by atoms with van der Waals surface area (Å²) in [5.74, 6) is -0.256. The molecule has 0 aliphatic carbocycles. The van der Waals surface area contributed by atoms with Crippen LogP contribution in [0.1, 0.15) is 18.3 Å². The summed E-state index contributed by atoms with van der Waals surface area (Å²) in [6.07, 6.45) is 2.27. The molecule has 1 aromatic rings. The highest BCUT2D eigenvalue weighted by Gasteiger charge is 2.63. The number of hydrogen-bond donors (Lipinski definition) is 3. The quantitative estimate of drug-likeness (QED) is 0.635. The first-order valence-electron chi connectivity index (χ1n) is 5.89. The second-order valence-corrected chi connectivity index (χ2v) is 4.79. The largest absolute Gasteiger partial charge is 0.465 e. The molecule has 2 saturated heterocycles. The zero-order chi connectivity index (χ0) is 13.6. The van der Waals surface area contributed by atoms with Gasteiger partial charge in [0.2, 0.25) is 5.91 Å². The van der Waals surface area contributed by atoms with Gasteiger partial charge in [-0.25, -0.2) is 14.8 Å². The summed E-state index contributed by atoms with van der Waals surface area (Å²) in [7, 11) is 0. The number of aromatic nitrogens is 2. The van der Waals surface area contributed by atoms with Crippen LogP contribution in [0.4, 0.5) is 4.79 Å². The van der Waals surface area contributed by atoms with Crippen LogP contribution in [0.2, 0.25) is 0 Å². The van der Waals surface area contributed by atoms with Gasteiger partial charge in [0.05, 0.1) is 0 Å². The van der Waals surface area contributed by atoms with Crippen molar-refractivity contribution in [2.75, 3.05) is 6.54 Å². The number of nitrogens with zero attached hydrogens (tertiary/aromatic N) is 3. The van der Waals surface area contributed by atoms with Gasteiger partial charge in [0.1, 0.15) is 11.6 Å². The van der Waals surface area contributed by atoms with Gasteiger partial charge in [-0.05, 0) is 12.5 Å². The SMILES string of the molecule is NC(=O)C12CNC(C1)C(c1ncccn1)N2C(=O)O. The number of nitrogens with two attached hydrogens (primary N) is 1. The number of rotatable bonds is 2. The summed E-state index contributed by atoms with van der Waals surface area (Å²) >= 11 is 0. The molecule has 8 heteroatoms. The third-order valence-electron chi connectivity index (χ3n) is 3.85. The van der Waals surface area contributed by atoms with Gasteiger partial charge in [-0.15, -0.1) is 0 Å². The van der Waals surface area contributed by atoms with Crippen molar-refractivity contribution in [2.45, 2.75) is 24.0 Å². The van der Waals surface area contributed by atoms with Crippen molar-refractivity contribution >= 4 is 12.0 Å². The maximum Gasteiger partial charge on any atom is 0.408 e. The van der Waals surface area contributed by atoms with Gasteiger partial charge in [0.15, 0.2) is 5.82 Å². The molecule has 0 radical (unpaired) electrons. The van der Waals surface area contributed by atoms with E-state index in [1.54, 1.807) is 18.5 Å². The number of nitrogens with one attached hydrogen (secondary N) is 1. The van der Waals surface area contributed by atoms with Gasteiger partial charge in [-0.2, -0.15) is 0 Å². The Labute approximate surface area is 108 Å². The molecule has 2 bridgehead atoms. The first kappa shape index (κ1) is 11.8. The predicted octanol–water partition coefficient (Wildman–Crippen LogP) is -0.903. The molecule has 2 amide bonds. The van der Waals surface area contributed by atoms with Gasteiger partial charge in [-0.1, -0.05) is 0 Å². The van der Waals surface area contributed by atoms with Crippen LogP contribution in [-0.2, 0) is 4.79 Å². The van der Waals surface area contributed by atoms with Gasteiger partial charge < -0.3 is 16.2 Å². The number of carbonyl (C=O) groups is 2. The Morgan fingerprint density at radius 2 is 2.16 bits per heavy atom. The van der Waals surface area contributed by atoms with Crippen LogP contribution in [0.3, 0.4) is 0 Å². The van der Waals surface area contributed by atoms with Crippen LogP contribution in [0, 0.1) is 0 Å². The molecule has 3 atom stereocenters. The van der Waals surface area contributed by atoms with Crippen LogP contribution in [-0.4, -0.2) is 50.1 Å². The minimum absolute atomic E-state index is 0.189. The van der Waals surface area contributed by atoms with E-state index in [-0.39, 0.29) is 12.6 Å². The van der Waals surface area contributed by atoms with E-state index in [1.807, 2.05) is 0 Å². The van der Waals surface area contributed by atoms with E-state index in [1.165, 1.54) is 0 Å². The number of fused-ring (bicyclic) bond motifs is 2. The summed E-state index contributed by atoms with van der Waals surface area (Å²) in [6.45, 7) is 0.239. The van der Waals surface area contributed by atoms with E-state index in [0.717, 1.165) is 4.90 Å². The lowest BCUT2D eigenvalue weighted by atomic mass is 9.98. The van der Waals surface area contributed by atoms with E-state index in [2.05, 4.69) is 15.3 Å². The second kappa shape index (κ2) is 3.89. The van der Waals surface area contributed by atoms with Crippen molar-refractivity contribution in [3.63, 3.8) is 0 Å². The van der Waals surface area contributed by atoms with E-state index in [0.29, 0.717) is 12.2 Å². The fourth-order valence-corrected chi connectivity index (χ4v) is 3.03. The van der Waals surface area contributed by atoms with Crippen LogP contribution in [0.25, 0.3) is 0 Å². The van der Waals surface area contributed by atoms with Crippen molar-refractivity contribution in [3.8, 4) is 0 Å². The molecule has 1 aromatic heterocycles. The zero-order valence-electron chi connectivity index (χ0n) is 9.98. The molecule has 0 aromatic carbocycles. The number of piperazine rings is 1. The first-order chi connectivity index (χ1) is 9.06. The highest BCUT2D eigenvalue weighted by atomic mass is 16.4. The van der Waals surface area contributed by atoms with Crippen molar-refractivity contribution in [1.29, 1.82) is 0 Å². The average molecular weight is 263 g/mol. The lowest BCUT2D eigenvalue weighted by Gasteiger charge is -2.38. The van der Waals surface area contributed by atoms with Gasteiger partial charge in [-0.3, -0.25) is 9.69 Å². The van der Waals surface area contributed by atoms with Crippen LogP contribution >= 0.6 is 0 Å². The number of amides is 2. The Bertz CT molecular complexity index is 536. The number of hydrogen-bond acceptors (Lipinski definition) is 5. The number of carboxylic acid groups (broad SMARTS) is 1. The van der Waals surface area contributed by atoms with E-state index in [9.17, 15) is 14.7 Å². The molecular formula is C11H13N5O3. The highest BCUT2D eigenvalue weighted by molar-refractivity contribution is 5.90. The summed E-state index contributed by atoms with van der Waals surface area (Å²) in [5, 5.41) is 12.5. The lowest BCUT2D eigenvalue weighted by Crippen LogP contribution is -2.62. The molecule has 3 heterocycles. The first-order valence-corrected chi connectivity index (χ1v) is 5.89. The minimum Gasteiger partial charge on any atom is -0.465 e. The molecule has 0 spiro atoms. The molecule has 3 unspecified atom stereocenters. The standard InChI is InChI=1S/C11H13N5O3/c12-9(17)11-4-6(15-5-11)7(16(11)10(18)19)8-13-2-1-3-14-8/h1-3,6-7,15H,4-5H2,(H2,12,17)(H,18,19). The summed E-state index contributed by atoms with van der Waals surface area (Å²) < 4.78 is 0. The smallest absolute Gasteiger partial charge is 0.408 e. The predicted molar refractivity (Wildman–Crippen MR) is 63.0 cm³/mol. The fraction of sp³-hybridized carbons (Fsp3) is 0.455. The third-order valence-corrected chi connectivity index (χ3v) is 3.85. The molecule has 4 N–H and O–H groups in total. The molecule has 2 aliphatic rings. The van der Waals surface area contributed by atoms with Gasteiger partial charge in [0, 0.05) is 25.0 Å². The van der Waals surface area contributed by atoms with Crippen molar-refractivity contribution < 1.29 is 14.7 Å². The topological polar surface area (TPSA) is 121 Å². The Hall–Kier alpha value is -2.22. The van der Waals surface area contributed by atoms with Gasteiger partial charge in [0.25, 0.3) is 0 Å². The molecule has 3 rings (SSSR count). The molecule has 8 nitrogen and oxygen atoms in total. The Morgan fingerprint density at radius 3 is 2.74 bits per heavy atom. The molecule has 0 saturated carbocycles. The Balaban J connectivity index is 2.07. The van der Waals surface area contributed by atoms with Crippen LogP contribution in [0.15, 0.2) is 18.5 Å². The monoisotopic (exact) mass is 263 g/mol. The van der Waals surface area contributed by atoms with E-state index >= 15 is 0 Å². The fourth-order valence-electron chi connectivity index (χ4n) is 3.03. The molecule has 100 valence electrons. The Kier molecular flexibility index (Phi) is 2.42. The number of likely N-dealkylation sites (tertiary alicyclic amines) is 1. The molecule has 2 aliphatic heterocycles. The Morgan fingerprint density at radius 1 is 1.47 bits per heavy atom. The lowest BCUT2D eigenvalue weighted by molar-refractivity contribution is -0.128. The van der Waals surface area contributed by atoms with Crippen molar-refractivity contribution in [3.05, 3.63) is 24.3 Å². The normalized spacial score (nSPS) is 32.5. The summed E-state index contributed by atoms with van der Waals surface area (Å²) in [5.41, 5.74) is 4.22.